The van der Waals surface area contributed by atoms with Gasteiger partial charge in [0.25, 0.3) is 0 Å². The van der Waals surface area contributed by atoms with Crippen LogP contribution in [-0.4, -0.2) is 37.9 Å². The van der Waals surface area contributed by atoms with E-state index in [4.69, 9.17) is 31.0 Å². The van der Waals surface area contributed by atoms with Gasteiger partial charge in [-0.05, 0) is 88.2 Å². The van der Waals surface area contributed by atoms with Crippen LogP contribution in [0.15, 0.2) is 72.9 Å². The molecule has 0 saturated heterocycles. The topological polar surface area (TPSA) is 79.1 Å². The van der Waals surface area contributed by atoms with Gasteiger partial charge in [-0.3, -0.25) is 4.68 Å². The number of hydrogen-bond acceptors (Lipinski definition) is 7. The van der Waals surface area contributed by atoms with E-state index in [1.165, 1.54) is 0 Å². The van der Waals surface area contributed by atoms with Crippen LogP contribution in [0, 0.1) is 6.92 Å². The molecule has 3 aromatic heterocycles. The minimum absolute atomic E-state index is 0.251. The van der Waals surface area contributed by atoms with E-state index in [-0.39, 0.29) is 6.61 Å². The molecule has 6 rings (SSSR count). The minimum Gasteiger partial charge on any atom is -0.464 e. The quantitative estimate of drug-likeness (QED) is 0.165. The van der Waals surface area contributed by atoms with E-state index in [1.54, 1.807) is 18.3 Å². The van der Waals surface area contributed by atoms with Crippen molar-refractivity contribution in [1.29, 1.82) is 0 Å². The summed E-state index contributed by atoms with van der Waals surface area (Å²) in [6.45, 7) is 9.84. The number of pyridine rings is 1. The number of halogens is 1. The second-order valence-electron chi connectivity index (χ2n) is 11.7. The normalized spacial score (nSPS) is 12.6. The average Bonchev–Trinajstić information content (AvgIpc) is 3.58. The van der Waals surface area contributed by atoms with Crippen molar-refractivity contribution in [2.24, 2.45) is 7.05 Å². The smallest absolute Gasteiger partial charge is 0.339 e. The number of benzene rings is 3. The fraction of sp³-hybridized carbons (Fsp3) is 0.257. The summed E-state index contributed by atoms with van der Waals surface area (Å²) in [7, 11) is 1.93. The third-order valence-corrected chi connectivity index (χ3v) is 8.67. The molecule has 44 heavy (non-hydrogen) atoms. The van der Waals surface area contributed by atoms with Crippen molar-refractivity contribution in [3.05, 3.63) is 89.1 Å². The predicted octanol–water partition coefficient (Wildman–Crippen LogP) is 8.96. The molecular weight excluding hydrogens is 592 g/mol. The zero-order valence-corrected chi connectivity index (χ0v) is 27.1. The van der Waals surface area contributed by atoms with E-state index >= 15 is 0 Å². The Balaban J connectivity index is 1.53. The first-order chi connectivity index (χ1) is 21.0. The lowest BCUT2D eigenvalue weighted by Gasteiger charge is -2.29. The number of thiazole rings is 1. The van der Waals surface area contributed by atoms with Crippen LogP contribution in [-0.2, 0) is 21.3 Å². The van der Waals surface area contributed by atoms with Gasteiger partial charge in [-0.15, -0.1) is 11.3 Å². The first kappa shape index (κ1) is 29.9. The summed E-state index contributed by atoms with van der Waals surface area (Å²) in [4.78, 5) is 23.5. The van der Waals surface area contributed by atoms with E-state index in [9.17, 15) is 4.79 Å². The highest BCUT2D eigenvalue weighted by atomic mass is 35.5. The van der Waals surface area contributed by atoms with Gasteiger partial charge in [0.1, 0.15) is 5.01 Å². The molecule has 1 unspecified atom stereocenters. The summed E-state index contributed by atoms with van der Waals surface area (Å²) in [6, 6.07) is 21.9. The van der Waals surface area contributed by atoms with Gasteiger partial charge < -0.3 is 9.47 Å². The van der Waals surface area contributed by atoms with Crippen molar-refractivity contribution >= 4 is 50.0 Å². The number of carbonyl (C=O) groups is 1. The van der Waals surface area contributed by atoms with Crippen molar-refractivity contribution in [1.82, 2.24) is 19.7 Å². The molecule has 224 valence electrons. The number of nitrogens with zero attached hydrogens (tertiary/aromatic N) is 4. The van der Waals surface area contributed by atoms with E-state index in [2.05, 4.69) is 23.3 Å². The zero-order valence-electron chi connectivity index (χ0n) is 25.5. The number of ether oxygens (including phenoxy) is 2. The van der Waals surface area contributed by atoms with Crippen LogP contribution in [0.25, 0.3) is 54.2 Å². The summed E-state index contributed by atoms with van der Waals surface area (Å²) < 4.78 is 14.7. The van der Waals surface area contributed by atoms with Gasteiger partial charge in [-0.2, -0.15) is 5.10 Å². The second-order valence-corrected chi connectivity index (χ2v) is 13.1. The Labute approximate surface area is 265 Å². The molecule has 0 N–H and O–H groups in total. The monoisotopic (exact) mass is 624 g/mol. The van der Waals surface area contributed by atoms with Crippen molar-refractivity contribution in [2.45, 2.75) is 46.3 Å². The molecule has 0 aliphatic rings. The second kappa shape index (κ2) is 11.8. The molecule has 0 fully saturated rings. The lowest BCUT2D eigenvalue weighted by atomic mass is 9.91. The van der Waals surface area contributed by atoms with Gasteiger partial charge in [0.15, 0.2) is 6.10 Å². The lowest BCUT2D eigenvalue weighted by molar-refractivity contribution is -0.166. The molecule has 3 aromatic carbocycles. The number of hydrogen-bond donors (Lipinski definition) is 0. The number of carbonyl (C=O) groups excluding carboxylic acids is 1. The Morgan fingerprint density at radius 1 is 1.00 bits per heavy atom. The lowest BCUT2D eigenvalue weighted by Crippen LogP contribution is -2.29. The van der Waals surface area contributed by atoms with Crippen LogP contribution in [0.1, 0.15) is 44.9 Å². The van der Waals surface area contributed by atoms with Gasteiger partial charge in [0.2, 0.25) is 0 Å². The Bertz CT molecular complexity index is 2010. The van der Waals surface area contributed by atoms with Crippen LogP contribution in [0.5, 0.6) is 0 Å². The maximum atomic E-state index is 13.4. The third-order valence-electron chi connectivity index (χ3n) is 7.31. The fourth-order valence-electron chi connectivity index (χ4n) is 5.40. The van der Waals surface area contributed by atoms with Gasteiger partial charge in [0, 0.05) is 34.1 Å². The van der Waals surface area contributed by atoms with Gasteiger partial charge in [-0.1, -0.05) is 35.9 Å². The molecule has 0 aliphatic carbocycles. The molecule has 1 atom stereocenters. The summed E-state index contributed by atoms with van der Waals surface area (Å²) in [5.74, 6) is -0.426. The third kappa shape index (κ3) is 5.85. The maximum absolute atomic E-state index is 13.4. The molecule has 0 bridgehead atoms. The van der Waals surface area contributed by atoms with E-state index in [1.807, 2.05) is 94.2 Å². The predicted molar refractivity (Wildman–Crippen MR) is 178 cm³/mol. The van der Waals surface area contributed by atoms with Crippen molar-refractivity contribution in [3.8, 4) is 33.1 Å². The fourth-order valence-corrected chi connectivity index (χ4v) is 6.62. The Kier molecular flexibility index (Phi) is 8.01. The largest absolute Gasteiger partial charge is 0.464 e. The van der Waals surface area contributed by atoms with Crippen LogP contribution in [0.2, 0.25) is 5.02 Å². The van der Waals surface area contributed by atoms with Crippen molar-refractivity contribution in [2.75, 3.05) is 6.61 Å². The molecule has 0 spiro atoms. The average molecular weight is 625 g/mol. The van der Waals surface area contributed by atoms with E-state index in [0.29, 0.717) is 5.02 Å². The van der Waals surface area contributed by atoms with Gasteiger partial charge in [0.05, 0.1) is 45.5 Å². The first-order valence-electron chi connectivity index (χ1n) is 14.5. The number of aromatic nitrogens is 4. The highest BCUT2D eigenvalue weighted by molar-refractivity contribution is 7.22. The Morgan fingerprint density at radius 2 is 1.73 bits per heavy atom. The summed E-state index contributed by atoms with van der Waals surface area (Å²) in [5.41, 5.74) is 7.33. The first-order valence-corrected chi connectivity index (χ1v) is 15.7. The Hall–Kier alpha value is -4.11. The SMILES string of the molecule is CCOC(=O)C(OC(C)(C)C)c1c(C)cc2nc(-c3cccc(-c4ccc5c(cnn5C)c4)n3)sc2c1-c1ccc(Cl)cc1. The van der Waals surface area contributed by atoms with Crippen molar-refractivity contribution in [3.63, 3.8) is 0 Å². The molecule has 6 aromatic rings. The molecule has 3 heterocycles. The van der Waals surface area contributed by atoms with Crippen LogP contribution < -0.4 is 0 Å². The van der Waals surface area contributed by atoms with Gasteiger partial charge in [-0.25, -0.2) is 14.8 Å². The van der Waals surface area contributed by atoms with E-state index < -0.39 is 17.7 Å². The molecule has 9 heteroatoms. The van der Waals surface area contributed by atoms with Gasteiger partial charge >= 0.3 is 5.97 Å². The number of esters is 1. The molecular formula is C35H33ClN4O3S. The highest BCUT2D eigenvalue weighted by Gasteiger charge is 2.33. The zero-order chi connectivity index (χ0) is 31.2. The molecule has 0 amide bonds. The number of fused-ring (bicyclic) bond motifs is 2. The molecule has 7 nitrogen and oxygen atoms in total. The Morgan fingerprint density at radius 3 is 2.45 bits per heavy atom. The number of aryl methyl sites for hydroxylation is 2. The summed E-state index contributed by atoms with van der Waals surface area (Å²) >= 11 is 7.83. The van der Waals surface area contributed by atoms with Crippen LogP contribution >= 0.6 is 22.9 Å². The molecule has 0 radical (unpaired) electrons. The molecule has 0 aliphatic heterocycles. The number of rotatable bonds is 7. The summed E-state index contributed by atoms with van der Waals surface area (Å²) in [6.07, 6.45) is 0.931. The minimum atomic E-state index is -0.931. The highest BCUT2D eigenvalue weighted by Crippen LogP contribution is 2.44. The summed E-state index contributed by atoms with van der Waals surface area (Å²) in [5, 5.41) is 6.83. The molecule has 0 saturated carbocycles. The standard InChI is InChI=1S/C35H33ClN4O3S/c1-7-42-34(41)31(43-35(3,4)5)29-20(2)17-27-32(30(29)21-11-14-24(36)15-12-21)44-33(39-27)26-10-8-9-25(38-26)22-13-16-28-23(18-22)19-37-40(28)6/h8-19,31H,7H2,1-6H3. The van der Waals surface area contributed by atoms with E-state index in [0.717, 1.165) is 65.3 Å². The van der Waals surface area contributed by atoms with Crippen LogP contribution in [0.3, 0.4) is 0 Å². The van der Waals surface area contributed by atoms with Crippen LogP contribution in [0.4, 0.5) is 0 Å². The maximum Gasteiger partial charge on any atom is 0.339 e. The van der Waals surface area contributed by atoms with Crippen molar-refractivity contribution < 1.29 is 14.3 Å².